The van der Waals surface area contributed by atoms with Crippen molar-refractivity contribution in [1.82, 2.24) is 19.7 Å². The highest BCUT2D eigenvalue weighted by Crippen LogP contribution is 2.38. The quantitative estimate of drug-likeness (QED) is 0.658. The summed E-state index contributed by atoms with van der Waals surface area (Å²) >= 11 is 7.28. The summed E-state index contributed by atoms with van der Waals surface area (Å²) in [6, 6.07) is 7.69. The number of halogens is 1. The Morgan fingerprint density at radius 1 is 1.36 bits per heavy atom. The van der Waals surface area contributed by atoms with Crippen molar-refractivity contribution in [3.63, 3.8) is 0 Å². The van der Waals surface area contributed by atoms with Gasteiger partial charge in [0.15, 0.2) is 5.16 Å². The number of nitrogens with zero attached hydrogens (tertiary/aromatic N) is 4. The van der Waals surface area contributed by atoms with Gasteiger partial charge in [-0.3, -0.25) is 4.79 Å². The normalized spacial score (nSPS) is 13.7. The minimum Gasteiger partial charge on any atom is -0.492 e. The van der Waals surface area contributed by atoms with Gasteiger partial charge in [0.2, 0.25) is 5.91 Å². The maximum Gasteiger partial charge on any atom is 0.232 e. The first-order valence-corrected chi connectivity index (χ1v) is 9.57. The molecular formula is C17H21ClN4O2S. The molecule has 1 aromatic heterocycles. The number of rotatable bonds is 8. The first kappa shape index (κ1) is 18.1. The van der Waals surface area contributed by atoms with E-state index in [0.29, 0.717) is 30.0 Å². The van der Waals surface area contributed by atoms with E-state index >= 15 is 0 Å². The van der Waals surface area contributed by atoms with Crippen LogP contribution in [0.4, 0.5) is 0 Å². The smallest absolute Gasteiger partial charge is 0.232 e. The molecule has 1 amide bonds. The molecule has 8 heteroatoms. The number of hydrogen-bond acceptors (Lipinski definition) is 5. The van der Waals surface area contributed by atoms with E-state index in [2.05, 4.69) is 14.8 Å². The third-order valence-electron chi connectivity index (χ3n) is 4.01. The van der Waals surface area contributed by atoms with Gasteiger partial charge in [-0.2, -0.15) is 0 Å². The molecule has 0 N–H and O–H groups in total. The average Bonchev–Trinajstić information content (AvgIpc) is 3.37. The second-order valence-electron chi connectivity index (χ2n) is 6.04. The van der Waals surface area contributed by atoms with E-state index in [1.807, 2.05) is 19.1 Å². The van der Waals surface area contributed by atoms with Gasteiger partial charge < -0.3 is 14.2 Å². The highest BCUT2D eigenvalue weighted by molar-refractivity contribution is 7.99. The molecule has 0 saturated heterocycles. The van der Waals surface area contributed by atoms with E-state index in [9.17, 15) is 4.79 Å². The van der Waals surface area contributed by atoms with Crippen molar-refractivity contribution in [3.8, 4) is 5.75 Å². The number of amides is 1. The highest BCUT2D eigenvalue weighted by Gasteiger charge is 2.28. The number of carbonyl (C=O) groups is 1. The molecule has 3 rings (SSSR count). The zero-order chi connectivity index (χ0) is 17.8. The van der Waals surface area contributed by atoms with Crippen LogP contribution in [0.1, 0.15) is 24.7 Å². The van der Waals surface area contributed by atoms with Gasteiger partial charge in [0.05, 0.1) is 12.3 Å². The van der Waals surface area contributed by atoms with Gasteiger partial charge in [-0.15, -0.1) is 10.2 Å². The average molecular weight is 381 g/mol. The molecule has 0 spiro atoms. The second kappa shape index (κ2) is 8.10. The summed E-state index contributed by atoms with van der Waals surface area (Å²) in [5.74, 6) is 2.06. The fourth-order valence-electron chi connectivity index (χ4n) is 2.39. The fourth-order valence-corrected chi connectivity index (χ4v) is 3.51. The molecule has 1 aromatic carbocycles. The van der Waals surface area contributed by atoms with Crippen molar-refractivity contribution in [2.75, 3.05) is 26.0 Å². The number of hydrogen-bond donors (Lipinski definition) is 0. The van der Waals surface area contributed by atoms with Crippen molar-refractivity contribution < 1.29 is 9.53 Å². The molecule has 1 aliphatic rings. The lowest BCUT2D eigenvalue weighted by Crippen LogP contribution is -2.32. The Hall–Kier alpha value is -1.73. The SMILES string of the molecule is Cc1nnc(SCC(=O)N(C)CCOc2ccc(Cl)cc2)n1C1CC1. The summed E-state index contributed by atoms with van der Waals surface area (Å²) in [6.45, 7) is 2.92. The van der Waals surface area contributed by atoms with E-state index in [0.717, 1.165) is 16.7 Å². The molecule has 6 nitrogen and oxygen atoms in total. The summed E-state index contributed by atoms with van der Waals surface area (Å²) in [6.07, 6.45) is 2.34. The minimum atomic E-state index is 0.0488. The maximum absolute atomic E-state index is 12.3. The molecule has 0 bridgehead atoms. The summed E-state index contributed by atoms with van der Waals surface area (Å²) in [5, 5.41) is 9.82. The molecule has 0 atom stereocenters. The third kappa shape index (κ3) is 4.89. The van der Waals surface area contributed by atoms with E-state index in [4.69, 9.17) is 16.3 Å². The van der Waals surface area contributed by atoms with E-state index in [1.54, 1.807) is 24.1 Å². The first-order chi connectivity index (χ1) is 12.0. The van der Waals surface area contributed by atoms with Crippen molar-refractivity contribution in [2.24, 2.45) is 0 Å². The topological polar surface area (TPSA) is 60.3 Å². The number of thioether (sulfide) groups is 1. The van der Waals surface area contributed by atoms with Crippen LogP contribution in [0.2, 0.25) is 5.02 Å². The molecule has 25 heavy (non-hydrogen) atoms. The van der Waals surface area contributed by atoms with Crippen LogP contribution in [-0.4, -0.2) is 51.5 Å². The lowest BCUT2D eigenvalue weighted by atomic mass is 10.3. The molecule has 0 aliphatic heterocycles. The Bertz CT molecular complexity index is 731. The van der Waals surface area contributed by atoms with Gasteiger partial charge >= 0.3 is 0 Å². The minimum absolute atomic E-state index is 0.0488. The monoisotopic (exact) mass is 380 g/mol. The summed E-state index contributed by atoms with van der Waals surface area (Å²) in [7, 11) is 1.78. The molecule has 0 unspecified atom stereocenters. The standard InChI is InChI=1S/C17H21ClN4O2S/c1-12-19-20-17(22(12)14-5-6-14)25-11-16(23)21(2)9-10-24-15-7-3-13(18)4-8-15/h3-4,7-8,14H,5-6,9-11H2,1-2H3. The van der Waals surface area contributed by atoms with Gasteiger partial charge in [-0.25, -0.2) is 0 Å². The van der Waals surface area contributed by atoms with Crippen LogP contribution in [-0.2, 0) is 4.79 Å². The molecule has 1 saturated carbocycles. The Balaban J connectivity index is 1.42. The molecule has 134 valence electrons. The van der Waals surface area contributed by atoms with Crippen LogP contribution >= 0.6 is 23.4 Å². The van der Waals surface area contributed by atoms with Crippen molar-refractivity contribution >= 4 is 29.3 Å². The Morgan fingerprint density at radius 3 is 2.76 bits per heavy atom. The van der Waals surface area contributed by atoms with Gasteiger partial charge in [0.1, 0.15) is 18.2 Å². The largest absolute Gasteiger partial charge is 0.492 e. The predicted octanol–water partition coefficient (Wildman–Crippen LogP) is 3.20. The molecule has 0 radical (unpaired) electrons. The van der Waals surface area contributed by atoms with Crippen LogP contribution in [0.15, 0.2) is 29.4 Å². The van der Waals surface area contributed by atoms with Crippen LogP contribution < -0.4 is 4.74 Å². The molecular weight excluding hydrogens is 360 g/mol. The second-order valence-corrected chi connectivity index (χ2v) is 7.42. The highest BCUT2D eigenvalue weighted by atomic mass is 35.5. The van der Waals surface area contributed by atoms with E-state index in [-0.39, 0.29) is 5.91 Å². The summed E-state index contributed by atoms with van der Waals surface area (Å²) in [4.78, 5) is 14.0. The molecule has 1 aliphatic carbocycles. The Labute approximate surface area is 156 Å². The van der Waals surface area contributed by atoms with Crippen molar-refractivity contribution in [3.05, 3.63) is 35.1 Å². The molecule has 2 aromatic rings. The lowest BCUT2D eigenvalue weighted by molar-refractivity contribution is -0.127. The molecule has 1 heterocycles. The summed E-state index contributed by atoms with van der Waals surface area (Å²) < 4.78 is 7.76. The number of ether oxygens (including phenoxy) is 1. The number of likely N-dealkylation sites (N-methyl/N-ethyl adjacent to an activating group) is 1. The van der Waals surface area contributed by atoms with Gasteiger partial charge in [-0.05, 0) is 44.0 Å². The van der Waals surface area contributed by atoms with Crippen LogP contribution in [0.5, 0.6) is 5.75 Å². The van der Waals surface area contributed by atoms with Crippen molar-refractivity contribution in [1.29, 1.82) is 0 Å². The van der Waals surface area contributed by atoms with Crippen LogP contribution in [0.25, 0.3) is 0 Å². The zero-order valence-corrected chi connectivity index (χ0v) is 15.9. The Morgan fingerprint density at radius 2 is 2.08 bits per heavy atom. The fraction of sp³-hybridized carbons (Fsp3) is 0.471. The van der Waals surface area contributed by atoms with E-state index in [1.165, 1.54) is 24.6 Å². The number of aryl methyl sites for hydroxylation is 1. The van der Waals surface area contributed by atoms with Crippen LogP contribution in [0.3, 0.4) is 0 Å². The lowest BCUT2D eigenvalue weighted by Gasteiger charge is -2.17. The third-order valence-corrected chi connectivity index (χ3v) is 5.19. The number of benzene rings is 1. The van der Waals surface area contributed by atoms with Crippen LogP contribution in [0, 0.1) is 6.92 Å². The first-order valence-electron chi connectivity index (χ1n) is 8.21. The van der Waals surface area contributed by atoms with Gasteiger partial charge in [0.25, 0.3) is 0 Å². The van der Waals surface area contributed by atoms with Gasteiger partial charge in [0, 0.05) is 18.1 Å². The number of aromatic nitrogens is 3. The Kier molecular flexibility index (Phi) is 5.86. The summed E-state index contributed by atoms with van der Waals surface area (Å²) in [5.41, 5.74) is 0. The zero-order valence-electron chi connectivity index (χ0n) is 14.3. The predicted molar refractivity (Wildman–Crippen MR) is 98.3 cm³/mol. The van der Waals surface area contributed by atoms with Crippen molar-refractivity contribution in [2.45, 2.75) is 31.0 Å². The van der Waals surface area contributed by atoms with Gasteiger partial charge in [-0.1, -0.05) is 23.4 Å². The molecule has 1 fully saturated rings. The maximum atomic E-state index is 12.3. The van der Waals surface area contributed by atoms with E-state index < -0.39 is 0 Å². The number of carbonyl (C=O) groups excluding carboxylic acids is 1.